The first-order valence-electron chi connectivity index (χ1n) is 9.28. The smallest absolute Gasteiger partial charge is 0.349 e. The van der Waals surface area contributed by atoms with E-state index in [0.717, 1.165) is 36.0 Å². The Balaban J connectivity index is 1.47. The van der Waals surface area contributed by atoms with Gasteiger partial charge in [0.15, 0.2) is 18.1 Å². The molecule has 1 aromatic heterocycles. The zero-order valence-electron chi connectivity index (χ0n) is 15.9. The van der Waals surface area contributed by atoms with Gasteiger partial charge in [-0.15, -0.1) is 0 Å². The number of methoxy groups -OCH3 is 2. The summed E-state index contributed by atoms with van der Waals surface area (Å²) in [5.74, 6) is 2.20. The Bertz CT molecular complexity index is 981. The van der Waals surface area contributed by atoms with E-state index in [9.17, 15) is 4.79 Å². The lowest BCUT2D eigenvalue weighted by atomic mass is 9.96. The Morgan fingerprint density at radius 3 is 2.54 bits per heavy atom. The highest BCUT2D eigenvalue weighted by atomic mass is 16.6. The topological polar surface area (TPSA) is 67.1 Å². The largest absolute Gasteiger partial charge is 0.493 e. The molecule has 28 heavy (non-hydrogen) atoms. The van der Waals surface area contributed by atoms with E-state index in [0.29, 0.717) is 17.2 Å². The van der Waals surface area contributed by atoms with Gasteiger partial charge in [0, 0.05) is 17.4 Å². The molecule has 0 bridgehead atoms. The van der Waals surface area contributed by atoms with Crippen LogP contribution in [0.1, 0.15) is 24.2 Å². The van der Waals surface area contributed by atoms with Gasteiger partial charge in [0.2, 0.25) is 5.75 Å². The first kappa shape index (κ1) is 18.2. The second kappa shape index (κ2) is 7.84. The highest BCUT2D eigenvalue weighted by Crippen LogP contribution is 2.37. The number of aryl methyl sites for hydroxylation is 2. The first-order chi connectivity index (χ1) is 13.7. The molecule has 6 heteroatoms. The minimum atomic E-state index is -0.544. The van der Waals surface area contributed by atoms with Crippen LogP contribution in [0, 0.1) is 0 Å². The van der Waals surface area contributed by atoms with Gasteiger partial charge in [0.1, 0.15) is 17.1 Å². The van der Waals surface area contributed by atoms with E-state index in [1.807, 2.05) is 12.1 Å². The van der Waals surface area contributed by atoms with Crippen molar-refractivity contribution in [3.05, 3.63) is 47.7 Å². The van der Waals surface area contributed by atoms with Gasteiger partial charge < -0.3 is 23.4 Å². The molecule has 1 aliphatic rings. The van der Waals surface area contributed by atoms with E-state index in [2.05, 4.69) is 0 Å². The molecule has 4 rings (SSSR count). The number of rotatable bonds is 6. The monoisotopic (exact) mass is 382 g/mol. The summed E-state index contributed by atoms with van der Waals surface area (Å²) in [5, 5.41) is 1.06. The van der Waals surface area contributed by atoms with Gasteiger partial charge in [-0.2, -0.15) is 0 Å². The van der Waals surface area contributed by atoms with Crippen molar-refractivity contribution in [2.45, 2.75) is 25.7 Å². The van der Waals surface area contributed by atoms with Gasteiger partial charge in [-0.05, 0) is 49.6 Å². The maximum atomic E-state index is 12.3. The lowest BCUT2D eigenvalue weighted by Gasteiger charge is -2.13. The maximum Gasteiger partial charge on any atom is 0.349 e. The molecule has 0 saturated heterocycles. The van der Waals surface area contributed by atoms with Crippen LogP contribution in [-0.4, -0.2) is 26.8 Å². The molecule has 0 N–H and O–H groups in total. The van der Waals surface area contributed by atoms with Crippen molar-refractivity contribution < 1.29 is 28.2 Å². The van der Waals surface area contributed by atoms with Crippen LogP contribution in [0.3, 0.4) is 0 Å². The zero-order chi connectivity index (χ0) is 19.5. The summed E-state index contributed by atoms with van der Waals surface area (Å²) in [7, 11) is 3.01. The van der Waals surface area contributed by atoms with Crippen molar-refractivity contribution >= 4 is 16.9 Å². The fourth-order valence-electron chi connectivity index (χ4n) is 3.53. The van der Waals surface area contributed by atoms with Crippen LogP contribution in [0.5, 0.6) is 23.0 Å². The highest BCUT2D eigenvalue weighted by Gasteiger charge is 2.19. The number of furan rings is 1. The molecule has 3 aromatic rings. The quantitative estimate of drug-likeness (QED) is 0.467. The molecule has 0 atom stereocenters. The molecule has 146 valence electrons. The Morgan fingerprint density at radius 2 is 1.79 bits per heavy atom. The molecule has 0 spiro atoms. The number of hydrogen-bond donors (Lipinski definition) is 0. The molecule has 0 aliphatic heterocycles. The standard InChI is InChI=1S/C22H22O6/c1-24-19-8-5-9-20(25-2)22(19)28-21(23)13-26-14-10-11-18-16(12-14)15-6-3-4-7-17(15)27-18/h5,8-12H,3-4,6-7,13H2,1-2H3. The van der Waals surface area contributed by atoms with Crippen molar-refractivity contribution in [2.75, 3.05) is 20.8 Å². The van der Waals surface area contributed by atoms with Crippen LogP contribution in [0.2, 0.25) is 0 Å². The number of ether oxygens (including phenoxy) is 4. The molecule has 0 saturated carbocycles. The number of carbonyl (C=O) groups is 1. The number of fused-ring (bicyclic) bond motifs is 3. The second-order valence-electron chi connectivity index (χ2n) is 6.62. The summed E-state index contributed by atoms with van der Waals surface area (Å²) in [4.78, 5) is 12.3. The van der Waals surface area contributed by atoms with E-state index in [-0.39, 0.29) is 12.4 Å². The molecular formula is C22H22O6. The normalized spacial score (nSPS) is 13.1. The third kappa shape index (κ3) is 3.50. The van der Waals surface area contributed by atoms with E-state index in [4.69, 9.17) is 23.4 Å². The molecule has 6 nitrogen and oxygen atoms in total. The fourth-order valence-corrected chi connectivity index (χ4v) is 3.53. The number of carbonyl (C=O) groups excluding carboxylic acids is 1. The average molecular weight is 382 g/mol. The molecule has 2 aromatic carbocycles. The zero-order valence-corrected chi connectivity index (χ0v) is 15.9. The van der Waals surface area contributed by atoms with Crippen LogP contribution in [0.15, 0.2) is 40.8 Å². The van der Waals surface area contributed by atoms with Crippen LogP contribution in [0.25, 0.3) is 11.0 Å². The minimum absolute atomic E-state index is 0.229. The van der Waals surface area contributed by atoms with Gasteiger partial charge in [-0.3, -0.25) is 0 Å². The van der Waals surface area contributed by atoms with Crippen LogP contribution in [-0.2, 0) is 17.6 Å². The van der Waals surface area contributed by atoms with Crippen molar-refractivity contribution in [1.82, 2.24) is 0 Å². The Labute approximate surface area is 162 Å². The molecular weight excluding hydrogens is 360 g/mol. The van der Waals surface area contributed by atoms with Gasteiger partial charge in [-0.1, -0.05) is 6.07 Å². The summed E-state index contributed by atoms with van der Waals surface area (Å²) in [6, 6.07) is 10.8. The summed E-state index contributed by atoms with van der Waals surface area (Å²) in [6.07, 6.45) is 4.32. The molecule has 0 radical (unpaired) electrons. The predicted octanol–water partition coefficient (Wildman–Crippen LogP) is 4.31. The summed E-state index contributed by atoms with van der Waals surface area (Å²) < 4.78 is 27.5. The molecule has 0 amide bonds. The van der Waals surface area contributed by atoms with Crippen LogP contribution in [0.4, 0.5) is 0 Å². The summed E-state index contributed by atoms with van der Waals surface area (Å²) in [5.41, 5.74) is 2.12. The second-order valence-corrected chi connectivity index (χ2v) is 6.62. The number of benzene rings is 2. The summed E-state index contributed by atoms with van der Waals surface area (Å²) >= 11 is 0. The molecule has 0 fully saturated rings. The lowest BCUT2D eigenvalue weighted by Crippen LogP contribution is -2.18. The number of esters is 1. The van der Waals surface area contributed by atoms with Gasteiger partial charge in [0.05, 0.1) is 14.2 Å². The molecule has 1 aliphatic carbocycles. The van der Waals surface area contributed by atoms with Crippen molar-refractivity contribution in [2.24, 2.45) is 0 Å². The average Bonchev–Trinajstić information content (AvgIpc) is 3.10. The SMILES string of the molecule is COc1cccc(OC)c1OC(=O)COc1ccc2oc3c(c2c1)CCCC3. The van der Waals surface area contributed by atoms with Crippen molar-refractivity contribution in [3.8, 4) is 23.0 Å². The highest BCUT2D eigenvalue weighted by molar-refractivity contribution is 5.84. The van der Waals surface area contributed by atoms with Crippen molar-refractivity contribution in [1.29, 1.82) is 0 Å². The van der Waals surface area contributed by atoms with E-state index in [1.165, 1.54) is 26.2 Å². The maximum absolute atomic E-state index is 12.3. The Hall–Kier alpha value is -3.15. The third-order valence-electron chi connectivity index (χ3n) is 4.88. The van der Waals surface area contributed by atoms with Crippen LogP contribution >= 0.6 is 0 Å². The molecule has 0 unspecified atom stereocenters. The Morgan fingerprint density at radius 1 is 1.04 bits per heavy atom. The van der Waals surface area contributed by atoms with Gasteiger partial charge >= 0.3 is 5.97 Å². The molecule has 1 heterocycles. The number of para-hydroxylation sites is 1. The minimum Gasteiger partial charge on any atom is -0.493 e. The Kier molecular flexibility index (Phi) is 5.10. The van der Waals surface area contributed by atoms with E-state index in [1.54, 1.807) is 24.3 Å². The van der Waals surface area contributed by atoms with Crippen molar-refractivity contribution in [3.63, 3.8) is 0 Å². The number of hydrogen-bond acceptors (Lipinski definition) is 6. The van der Waals surface area contributed by atoms with Gasteiger partial charge in [0.25, 0.3) is 0 Å². The lowest BCUT2D eigenvalue weighted by molar-refractivity contribution is -0.136. The summed E-state index contributed by atoms with van der Waals surface area (Å²) in [6.45, 7) is -0.229. The fraction of sp³-hybridized carbons (Fsp3) is 0.318. The van der Waals surface area contributed by atoms with Crippen LogP contribution < -0.4 is 18.9 Å². The van der Waals surface area contributed by atoms with Gasteiger partial charge in [-0.25, -0.2) is 4.79 Å². The first-order valence-corrected chi connectivity index (χ1v) is 9.28. The predicted molar refractivity (Wildman–Crippen MR) is 104 cm³/mol. The van der Waals surface area contributed by atoms with E-state index < -0.39 is 5.97 Å². The van der Waals surface area contributed by atoms with E-state index >= 15 is 0 Å². The third-order valence-corrected chi connectivity index (χ3v) is 4.88.